The number of hydrogen-bond acceptors (Lipinski definition) is 14. The fraction of sp³-hybridized carbons (Fsp3) is 0.949. The molecule has 43 heteroatoms. The van der Waals surface area contributed by atoms with Crippen LogP contribution in [0.1, 0.15) is 19.3 Å². The molecule has 0 aromatic rings. The van der Waals surface area contributed by atoms with Crippen LogP contribution in [0.5, 0.6) is 0 Å². The van der Waals surface area contributed by atoms with Gasteiger partial charge in [-0.25, -0.2) is 17.6 Å². The summed E-state index contributed by atoms with van der Waals surface area (Å²) < 4.78 is 257. The Balaban J connectivity index is -0.000000222. The Morgan fingerprint density at radius 2 is 0.610 bits per heavy atom. The number of halogens is 25. The molecule has 0 spiro atoms. The van der Waals surface area contributed by atoms with Crippen molar-refractivity contribution >= 4 is 127 Å². The number of methoxy groups -OCH3 is 3. The molecule has 0 fully saturated rings. The van der Waals surface area contributed by atoms with Crippen LogP contribution in [-0.4, -0.2) is 232 Å². The highest BCUT2D eigenvalue weighted by Gasteiger charge is 2.42. The van der Waals surface area contributed by atoms with Crippen molar-refractivity contribution in [3.8, 4) is 0 Å². The minimum absolute atomic E-state index is 0.0651. The van der Waals surface area contributed by atoms with Crippen molar-refractivity contribution in [2.24, 2.45) is 0 Å². The monoisotopic (exact) mass is 1490 g/mol. The lowest BCUT2D eigenvalue weighted by Crippen LogP contribution is -2.42. The molecule has 0 aromatic carbocycles. The molecule has 0 aliphatic rings. The van der Waals surface area contributed by atoms with Crippen LogP contribution >= 0.6 is 99.7 Å². The van der Waals surface area contributed by atoms with Gasteiger partial charge in [0.1, 0.15) is 0 Å². The lowest BCUT2D eigenvalue weighted by molar-refractivity contribution is -0.252. The van der Waals surface area contributed by atoms with E-state index in [2.05, 4.69) is 39.7 Å². The molecule has 0 saturated carbocycles. The van der Waals surface area contributed by atoms with Crippen LogP contribution in [0, 0.1) is 0 Å². The van der Waals surface area contributed by atoms with E-state index in [0.717, 1.165) is 0 Å². The lowest BCUT2D eigenvalue weighted by Gasteiger charge is -2.24. The highest BCUT2D eigenvalue weighted by molar-refractivity contribution is 7.65. The first-order valence-electron chi connectivity index (χ1n) is 23.0. The van der Waals surface area contributed by atoms with Gasteiger partial charge in [-0.15, -0.1) is 106 Å². The fourth-order valence-corrected chi connectivity index (χ4v) is 9.24. The van der Waals surface area contributed by atoms with Crippen molar-refractivity contribution < 1.29 is 136 Å². The predicted molar refractivity (Wildman–Crippen MR) is 292 cm³/mol. The maximum Gasteiger partial charge on any atom is 0.500 e. The first kappa shape index (κ1) is 94.7. The van der Waals surface area contributed by atoms with Crippen molar-refractivity contribution in [3.05, 3.63) is 12.7 Å². The highest BCUT2D eigenvalue weighted by atomic mass is 35.9. The number of ether oxygens (including phenoxy) is 11. The zero-order valence-corrected chi connectivity index (χ0v) is 55.9. The van der Waals surface area contributed by atoms with E-state index < -0.39 is 110 Å². The van der Waals surface area contributed by atoms with Crippen LogP contribution in [0.3, 0.4) is 0 Å². The van der Waals surface area contributed by atoms with Gasteiger partial charge in [-0.1, -0.05) is 6.08 Å². The normalized spacial score (nSPS) is 13.9. The van der Waals surface area contributed by atoms with Gasteiger partial charge in [0.05, 0.1) is 85.9 Å². The third kappa shape index (κ3) is 74.0. The number of rotatable bonds is 40. The zero-order chi connectivity index (χ0) is 65.1. The van der Waals surface area contributed by atoms with E-state index in [-0.39, 0.29) is 52.9 Å². The van der Waals surface area contributed by atoms with Crippen molar-refractivity contribution in [3.63, 3.8) is 0 Å². The van der Waals surface area contributed by atoms with Crippen molar-refractivity contribution in [1.29, 1.82) is 0 Å². The molecule has 0 N–H and O–H groups in total. The quantitative estimate of drug-likeness (QED) is 0.0144. The van der Waals surface area contributed by atoms with Crippen molar-refractivity contribution in [2.75, 3.05) is 148 Å². The molecule has 14 nitrogen and oxygen atoms in total. The first-order chi connectivity index (χ1) is 37.6. The van der Waals surface area contributed by atoms with Gasteiger partial charge in [0.25, 0.3) is 6.48 Å². The number of alkyl halides is 16. The smallest absolute Gasteiger partial charge is 0.379 e. The van der Waals surface area contributed by atoms with Gasteiger partial charge in [0.15, 0.2) is 0 Å². The Bertz CT molecular complexity index is 1340. The summed E-state index contributed by atoms with van der Waals surface area (Å²) >= 11 is 48.5. The maximum absolute atomic E-state index is 12.5. The van der Waals surface area contributed by atoms with E-state index in [1.165, 1.54) is 48.7 Å². The van der Waals surface area contributed by atoms with E-state index in [1.807, 2.05) is 0 Å². The summed E-state index contributed by atoms with van der Waals surface area (Å²) in [5.41, 5.74) is 0. The summed E-state index contributed by atoms with van der Waals surface area (Å²) in [6, 6.07) is -3.83. The van der Waals surface area contributed by atoms with Gasteiger partial charge in [0.2, 0.25) is 24.7 Å². The second-order valence-corrected chi connectivity index (χ2v) is 42.7. The second kappa shape index (κ2) is 56.5. The molecule has 0 bridgehead atoms. The molecule has 502 valence electrons. The van der Waals surface area contributed by atoms with Crippen molar-refractivity contribution in [2.45, 2.75) is 93.3 Å². The summed E-state index contributed by atoms with van der Waals surface area (Å²) in [6.45, 7) is -1.64. The van der Waals surface area contributed by atoms with Gasteiger partial charge in [-0.3, -0.25) is 0 Å². The molecule has 4 unspecified atom stereocenters. The van der Waals surface area contributed by atoms with Gasteiger partial charge in [-0.2, -0.15) is 52.7 Å². The van der Waals surface area contributed by atoms with Crippen LogP contribution < -0.4 is 0 Å². The predicted octanol–water partition coefficient (Wildman–Crippen LogP) is 13.9. The van der Waals surface area contributed by atoms with Crippen molar-refractivity contribution in [1.82, 2.24) is 0 Å². The van der Waals surface area contributed by atoms with Crippen LogP contribution in [0.4, 0.5) is 70.2 Å². The molecule has 0 amide bonds. The van der Waals surface area contributed by atoms with Gasteiger partial charge in [0, 0.05) is 68.5 Å². The zero-order valence-electron chi connectivity index (χ0n) is 45.0. The minimum atomic E-state index is -4.88. The summed E-state index contributed by atoms with van der Waals surface area (Å²) in [4.78, 5) is 0. The SMILES string of the molecule is C=CCOCCOCC(F)C(F)(F)F.COC(OC)OC.CO[Si](CCCOCCOCC(F)C(F)(F)F)(OC)OC.Cl[SiH](Cl)Cl.FC(COCCOCCC[Si](Cl)(Cl)Cl)C(F)(F)F.FC(COCCOCCC[Si](Cl)(Cl)Cl)C(F)(F)F. The topological polar surface area (TPSA) is 129 Å². The third-order valence-electron chi connectivity index (χ3n) is 7.98. The molecule has 82 heavy (non-hydrogen) atoms. The Morgan fingerprint density at radius 1 is 0.390 bits per heavy atom. The molecule has 0 heterocycles. The minimum Gasteiger partial charge on any atom is -0.379 e. The van der Waals surface area contributed by atoms with E-state index in [9.17, 15) is 70.2 Å². The van der Waals surface area contributed by atoms with E-state index in [0.29, 0.717) is 63.8 Å². The van der Waals surface area contributed by atoms with Gasteiger partial charge >= 0.3 is 52.2 Å². The molecule has 0 rings (SSSR count). The Hall–Kier alpha value is 1.54. The van der Waals surface area contributed by atoms with Crippen LogP contribution in [0.15, 0.2) is 12.7 Å². The molecular formula is C39H71Cl9F16O14Si4. The summed E-state index contributed by atoms with van der Waals surface area (Å²) in [7, 11) is 6.43. The van der Waals surface area contributed by atoms with E-state index >= 15 is 0 Å². The molecular weight excluding hydrogens is 1430 g/mol. The molecule has 0 aliphatic carbocycles. The average Bonchev–Trinajstić information content (AvgIpc) is 3.35. The Labute approximate surface area is 514 Å². The summed E-state index contributed by atoms with van der Waals surface area (Å²) in [5.74, 6) is 0. The fourth-order valence-electron chi connectivity index (χ4n) is 4.05. The molecule has 0 saturated heterocycles. The number of hydrogen-bond donors (Lipinski definition) is 0. The van der Waals surface area contributed by atoms with Gasteiger partial charge in [-0.05, 0) is 31.4 Å². The highest BCUT2D eigenvalue weighted by Crippen LogP contribution is 2.28. The van der Waals surface area contributed by atoms with Crippen LogP contribution in [0.25, 0.3) is 0 Å². The average molecular weight is 1500 g/mol. The molecule has 0 aliphatic heterocycles. The maximum atomic E-state index is 12.5. The van der Waals surface area contributed by atoms with Gasteiger partial charge < -0.3 is 65.4 Å². The van der Waals surface area contributed by atoms with Crippen LogP contribution in [-0.2, 0) is 65.4 Å². The molecule has 4 atom stereocenters. The lowest BCUT2D eigenvalue weighted by atomic mass is 10.4. The second-order valence-electron chi connectivity index (χ2n) is 14.6. The summed E-state index contributed by atoms with van der Waals surface area (Å²) in [5, 5.41) is 0. The third-order valence-corrected chi connectivity index (χ3v) is 16.1. The molecule has 0 aromatic heterocycles. The Kier molecular flexibility index (Phi) is 65.2. The summed E-state index contributed by atoms with van der Waals surface area (Å²) in [6.07, 6.45) is -28.1. The Morgan fingerprint density at radius 3 is 0.793 bits per heavy atom. The molecule has 0 radical (unpaired) electrons. The van der Waals surface area contributed by atoms with E-state index in [4.69, 9.17) is 132 Å². The first-order valence-corrected chi connectivity index (χ1v) is 40.6. The van der Waals surface area contributed by atoms with E-state index in [1.54, 1.807) is 0 Å². The largest absolute Gasteiger partial charge is 0.500 e. The standard InChI is InChI=1S/C11H22F4O5Si.2C8H13Cl3F4O2Si.C8H12F4O2.C4H10O3.Cl3HSi/c1-16-21(17-2,18-3)8-4-5-19-6-7-20-9-10(12)11(13,14)15;2*9-18(10,11)5-1-2-16-3-4-17-6-7(12)8(13,14)15;1-2-3-13-4-5-14-6-7(9)8(10,11)12;1-5-4(6-2)7-3;1-4(2)3/h10H,4-9H2,1-3H3;2*7H,1-6H2;2,7H,1,3-6H2;4H,1-3H3;4H. The van der Waals surface area contributed by atoms with Crippen LogP contribution in [0.2, 0.25) is 18.1 Å².